The molecule has 1 aromatic carbocycles. The number of nitrogens with two attached hydrogens (primary N) is 1. The minimum Gasteiger partial charge on any atom is -0.469 e. The van der Waals surface area contributed by atoms with Crippen LogP contribution in [0.4, 0.5) is 13.2 Å². The number of carbonyl (C=O) groups excluding carboxylic acids is 1. The Hall–Kier alpha value is -1.56. The van der Waals surface area contributed by atoms with Crippen molar-refractivity contribution in [1.82, 2.24) is 0 Å². The maximum absolute atomic E-state index is 12.8. The van der Waals surface area contributed by atoms with Crippen LogP contribution in [0.2, 0.25) is 0 Å². The van der Waals surface area contributed by atoms with Gasteiger partial charge in [0.2, 0.25) is 0 Å². The van der Waals surface area contributed by atoms with E-state index in [-0.39, 0.29) is 6.42 Å². The summed E-state index contributed by atoms with van der Waals surface area (Å²) in [6.45, 7) is 3.31. The Labute approximate surface area is 115 Å². The second-order valence-electron chi connectivity index (χ2n) is 5.04. The summed E-state index contributed by atoms with van der Waals surface area (Å²) < 4.78 is 42.9. The zero-order valence-electron chi connectivity index (χ0n) is 11.6. The van der Waals surface area contributed by atoms with Gasteiger partial charge < -0.3 is 10.5 Å². The zero-order chi connectivity index (χ0) is 15.6. The maximum Gasteiger partial charge on any atom is 0.416 e. The third-order valence-electron chi connectivity index (χ3n) is 3.59. The van der Waals surface area contributed by atoms with Crippen molar-refractivity contribution < 1.29 is 22.7 Å². The first kappa shape index (κ1) is 16.5. The van der Waals surface area contributed by atoms with E-state index in [1.165, 1.54) is 13.2 Å². The van der Waals surface area contributed by atoms with Gasteiger partial charge in [-0.1, -0.05) is 25.1 Å². The second kappa shape index (κ2) is 5.83. The molecule has 1 aromatic rings. The molecule has 3 nitrogen and oxygen atoms in total. The summed E-state index contributed by atoms with van der Waals surface area (Å²) in [7, 11) is 1.23. The van der Waals surface area contributed by atoms with Gasteiger partial charge in [0.25, 0.3) is 0 Å². The van der Waals surface area contributed by atoms with Crippen LogP contribution >= 0.6 is 0 Å². The standard InChI is InChI=1S/C14H18F3NO2/c1-9(18)13(2,8-12(19)20-3)10-5-4-6-11(7-10)14(15,16)17/h4-7,9H,8,18H2,1-3H3. The second-order valence-corrected chi connectivity index (χ2v) is 5.04. The summed E-state index contributed by atoms with van der Waals surface area (Å²) in [5.74, 6) is -0.512. The molecule has 0 saturated carbocycles. The predicted molar refractivity (Wildman–Crippen MR) is 69.1 cm³/mol. The maximum atomic E-state index is 12.8. The molecule has 6 heteroatoms. The Balaban J connectivity index is 3.25. The van der Waals surface area contributed by atoms with Crippen molar-refractivity contribution in [3.05, 3.63) is 35.4 Å². The summed E-state index contributed by atoms with van der Waals surface area (Å²) in [6, 6.07) is 4.37. The Morgan fingerprint density at radius 3 is 2.35 bits per heavy atom. The van der Waals surface area contributed by atoms with E-state index in [9.17, 15) is 18.0 Å². The molecule has 0 aliphatic rings. The Kier molecular flexibility index (Phi) is 4.81. The molecule has 2 atom stereocenters. The Bertz CT molecular complexity index is 486. The van der Waals surface area contributed by atoms with E-state index in [1.807, 2.05) is 0 Å². The minimum atomic E-state index is -4.43. The lowest BCUT2D eigenvalue weighted by atomic mass is 9.74. The molecule has 0 fully saturated rings. The average Bonchev–Trinajstić information content (AvgIpc) is 2.37. The van der Waals surface area contributed by atoms with Crippen LogP contribution in [-0.4, -0.2) is 19.1 Å². The van der Waals surface area contributed by atoms with Gasteiger partial charge in [-0.15, -0.1) is 0 Å². The van der Waals surface area contributed by atoms with Crippen LogP contribution in [0.25, 0.3) is 0 Å². The van der Waals surface area contributed by atoms with Crippen molar-refractivity contribution in [1.29, 1.82) is 0 Å². The van der Waals surface area contributed by atoms with E-state index in [0.717, 1.165) is 12.1 Å². The van der Waals surface area contributed by atoms with Gasteiger partial charge in [0.15, 0.2) is 0 Å². The number of methoxy groups -OCH3 is 1. The molecule has 0 saturated heterocycles. The average molecular weight is 289 g/mol. The van der Waals surface area contributed by atoms with Crippen LogP contribution in [0.3, 0.4) is 0 Å². The first-order valence-corrected chi connectivity index (χ1v) is 6.11. The summed E-state index contributed by atoms with van der Waals surface area (Å²) in [5, 5.41) is 0. The molecule has 112 valence electrons. The summed E-state index contributed by atoms with van der Waals surface area (Å²) in [6.07, 6.45) is -4.51. The fraction of sp³-hybridized carbons (Fsp3) is 0.500. The lowest BCUT2D eigenvalue weighted by Gasteiger charge is -2.33. The van der Waals surface area contributed by atoms with Crippen molar-refractivity contribution in [2.24, 2.45) is 5.73 Å². The van der Waals surface area contributed by atoms with Crippen LogP contribution < -0.4 is 5.73 Å². The third kappa shape index (κ3) is 3.50. The number of rotatable bonds is 4. The van der Waals surface area contributed by atoms with Crippen molar-refractivity contribution in [2.75, 3.05) is 7.11 Å². The molecule has 0 aromatic heterocycles. The van der Waals surface area contributed by atoms with Crippen LogP contribution in [-0.2, 0) is 21.1 Å². The van der Waals surface area contributed by atoms with Crippen LogP contribution in [0.5, 0.6) is 0 Å². The molecule has 0 bridgehead atoms. The molecule has 0 aliphatic heterocycles. The minimum absolute atomic E-state index is 0.0809. The quantitative estimate of drug-likeness (QED) is 0.867. The van der Waals surface area contributed by atoms with Crippen molar-refractivity contribution >= 4 is 5.97 Å². The van der Waals surface area contributed by atoms with Gasteiger partial charge in [-0.2, -0.15) is 13.2 Å². The molecule has 2 N–H and O–H groups in total. The van der Waals surface area contributed by atoms with Gasteiger partial charge in [0.1, 0.15) is 0 Å². The molecule has 1 rings (SSSR count). The number of carbonyl (C=O) groups is 1. The Morgan fingerprint density at radius 2 is 1.90 bits per heavy atom. The molecule has 0 heterocycles. The molecule has 0 amide bonds. The summed E-state index contributed by atoms with van der Waals surface area (Å²) in [5.41, 5.74) is 4.56. The molecule has 20 heavy (non-hydrogen) atoms. The van der Waals surface area contributed by atoms with E-state index < -0.39 is 29.2 Å². The largest absolute Gasteiger partial charge is 0.469 e. The molecule has 0 radical (unpaired) electrons. The number of alkyl halides is 3. The van der Waals surface area contributed by atoms with Gasteiger partial charge in [0, 0.05) is 11.5 Å². The van der Waals surface area contributed by atoms with Crippen molar-refractivity contribution in [2.45, 2.75) is 37.9 Å². The van der Waals surface area contributed by atoms with Gasteiger partial charge in [-0.25, -0.2) is 0 Å². The number of hydrogen-bond acceptors (Lipinski definition) is 3. The van der Waals surface area contributed by atoms with Crippen LogP contribution in [0.1, 0.15) is 31.4 Å². The fourth-order valence-electron chi connectivity index (χ4n) is 1.95. The van der Waals surface area contributed by atoms with Gasteiger partial charge in [-0.3, -0.25) is 4.79 Å². The zero-order valence-corrected chi connectivity index (χ0v) is 11.6. The number of ether oxygens (including phenoxy) is 1. The highest BCUT2D eigenvalue weighted by atomic mass is 19.4. The summed E-state index contributed by atoms with van der Waals surface area (Å²) >= 11 is 0. The lowest BCUT2D eigenvalue weighted by Crippen LogP contribution is -2.43. The first-order chi connectivity index (χ1) is 9.11. The molecule has 0 spiro atoms. The number of hydrogen-bond donors (Lipinski definition) is 1. The lowest BCUT2D eigenvalue weighted by molar-refractivity contribution is -0.142. The number of halogens is 3. The van der Waals surface area contributed by atoms with E-state index in [1.54, 1.807) is 19.9 Å². The number of benzene rings is 1. The predicted octanol–water partition coefficient (Wildman–Crippen LogP) is 2.87. The topological polar surface area (TPSA) is 52.3 Å². The van der Waals surface area contributed by atoms with E-state index in [4.69, 9.17) is 5.73 Å². The van der Waals surface area contributed by atoms with Gasteiger partial charge in [-0.05, 0) is 18.6 Å². The molecule has 0 aliphatic carbocycles. The summed E-state index contributed by atoms with van der Waals surface area (Å²) in [4.78, 5) is 11.5. The normalized spacial score (nSPS) is 16.4. The third-order valence-corrected chi connectivity index (χ3v) is 3.59. The fourth-order valence-corrected chi connectivity index (χ4v) is 1.95. The molecular weight excluding hydrogens is 271 g/mol. The SMILES string of the molecule is COC(=O)CC(C)(c1cccc(C(F)(F)F)c1)C(C)N. The van der Waals surface area contributed by atoms with E-state index in [2.05, 4.69) is 4.74 Å². The first-order valence-electron chi connectivity index (χ1n) is 6.11. The van der Waals surface area contributed by atoms with Crippen LogP contribution in [0, 0.1) is 0 Å². The smallest absolute Gasteiger partial charge is 0.416 e. The monoisotopic (exact) mass is 289 g/mol. The van der Waals surface area contributed by atoms with E-state index in [0.29, 0.717) is 5.56 Å². The molecular formula is C14H18F3NO2. The highest BCUT2D eigenvalue weighted by Crippen LogP contribution is 2.35. The van der Waals surface area contributed by atoms with Crippen LogP contribution in [0.15, 0.2) is 24.3 Å². The van der Waals surface area contributed by atoms with Crippen molar-refractivity contribution in [3.8, 4) is 0 Å². The highest BCUT2D eigenvalue weighted by molar-refractivity contribution is 5.71. The van der Waals surface area contributed by atoms with E-state index >= 15 is 0 Å². The Morgan fingerprint density at radius 1 is 1.35 bits per heavy atom. The number of esters is 1. The van der Waals surface area contributed by atoms with Crippen molar-refractivity contribution in [3.63, 3.8) is 0 Å². The van der Waals surface area contributed by atoms with Gasteiger partial charge in [0.05, 0.1) is 19.1 Å². The highest BCUT2D eigenvalue weighted by Gasteiger charge is 2.37. The molecule has 2 unspecified atom stereocenters. The van der Waals surface area contributed by atoms with Gasteiger partial charge >= 0.3 is 12.1 Å².